The Labute approximate surface area is 75.7 Å². The summed E-state index contributed by atoms with van der Waals surface area (Å²) < 4.78 is 0. The summed E-state index contributed by atoms with van der Waals surface area (Å²) in [6.45, 7) is 9.94. The molecule has 3 saturated carbocycles. The molecule has 0 N–H and O–H groups in total. The highest BCUT2D eigenvalue weighted by Crippen LogP contribution is 2.87. The summed E-state index contributed by atoms with van der Waals surface area (Å²) in [7, 11) is 0. The van der Waals surface area contributed by atoms with Gasteiger partial charge in [-0.05, 0) is 47.3 Å². The smallest absolute Gasteiger partial charge is 0.0179 e. The molecule has 12 heavy (non-hydrogen) atoms. The Morgan fingerprint density at radius 3 is 1.50 bits per heavy atom. The van der Waals surface area contributed by atoms with Crippen LogP contribution in [0.2, 0.25) is 0 Å². The highest BCUT2D eigenvalue weighted by Gasteiger charge is 2.80. The summed E-state index contributed by atoms with van der Waals surface area (Å²) in [5, 5.41) is 0. The van der Waals surface area contributed by atoms with E-state index in [0.717, 1.165) is 17.3 Å². The van der Waals surface area contributed by atoms with Gasteiger partial charge in [-0.1, -0.05) is 27.7 Å². The van der Waals surface area contributed by atoms with Crippen LogP contribution in [0.15, 0.2) is 0 Å². The molecule has 3 fully saturated rings. The van der Waals surface area contributed by atoms with Gasteiger partial charge in [-0.25, -0.2) is 0 Å². The lowest BCUT2D eigenvalue weighted by Crippen LogP contribution is -2.07. The first-order valence-corrected chi connectivity index (χ1v) is 5.42. The Balaban J connectivity index is 1.96. The van der Waals surface area contributed by atoms with E-state index < -0.39 is 0 Å². The van der Waals surface area contributed by atoms with Gasteiger partial charge in [0.1, 0.15) is 0 Å². The minimum atomic E-state index is 0.632. The van der Waals surface area contributed by atoms with Crippen LogP contribution in [0.5, 0.6) is 0 Å². The van der Waals surface area contributed by atoms with Crippen molar-refractivity contribution in [1.29, 1.82) is 0 Å². The van der Waals surface area contributed by atoms with Crippen molar-refractivity contribution in [3.63, 3.8) is 0 Å². The summed E-state index contributed by atoms with van der Waals surface area (Å²) in [5.74, 6) is 2.29. The average molecular weight is 164 g/mol. The maximum Gasteiger partial charge on any atom is -0.0179 e. The van der Waals surface area contributed by atoms with Crippen molar-refractivity contribution < 1.29 is 0 Å². The molecule has 0 bridgehead atoms. The topological polar surface area (TPSA) is 0 Å². The van der Waals surface area contributed by atoms with Gasteiger partial charge in [0, 0.05) is 0 Å². The second kappa shape index (κ2) is 1.51. The van der Waals surface area contributed by atoms with E-state index in [4.69, 9.17) is 0 Å². The molecule has 0 saturated heterocycles. The van der Waals surface area contributed by atoms with E-state index in [1.54, 1.807) is 19.3 Å². The maximum absolute atomic E-state index is 2.48. The van der Waals surface area contributed by atoms with Crippen LogP contribution in [0, 0.1) is 28.1 Å². The zero-order valence-corrected chi connectivity index (χ0v) is 8.78. The summed E-state index contributed by atoms with van der Waals surface area (Å²) >= 11 is 0. The van der Waals surface area contributed by atoms with Crippen molar-refractivity contribution in [1.82, 2.24) is 0 Å². The first-order valence-electron chi connectivity index (χ1n) is 5.42. The Kier molecular flexibility index (Phi) is 0.932. The van der Waals surface area contributed by atoms with E-state index in [1.165, 1.54) is 0 Å². The molecule has 0 aromatic rings. The third kappa shape index (κ3) is 0.482. The van der Waals surface area contributed by atoms with E-state index in [0.29, 0.717) is 10.8 Å². The largest absolute Gasteiger partial charge is 0.0588 e. The molecule has 0 aliphatic heterocycles. The summed E-state index contributed by atoms with van der Waals surface area (Å²) in [5.41, 5.74) is 2.02. The van der Waals surface area contributed by atoms with Crippen molar-refractivity contribution in [3.05, 3.63) is 0 Å². The Morgan fingerprint density at radius 2 is 1.25 bits per heavy atom. The third-order valence-electron chi connectivity index (χ3n) is 6.18. The van der Waals surface area contributed by atoms with Gasteiger partial charge in [0.15, 0.2) is 0 Å². The normalized spacial score (nSPS) is 49.0. The molecule has 2 unspecified atom stereocenters. The summed E-state index contributed by atoms with van der Waals surface area (Å²) in [6.07, 6.45) is 4.67. The highest BCUT2D eigenvalue weighted by atomic mass is 14.8. The molecule has 0 radical (unpaired) electrons. The highest BCUT2D eigenvalue weighted by molar-refractivity contribution is 5.28. The van der Waals surface area contributed by atoms with Crippen molar-refractivity contribution in [2.24, 2.45) is 28.1 Å². The first-order chi connectivity index (χ1) is 5.42. The molecule has 3 aliphatic rings. The molecule has 2 atom stereocenters. The average Bonchev–Trinajstić information content (AvgIpc) is 2.66. The van der Waals surface area contributed by atoms with Crippen molar-refractivity contribution in [2.45, 2.75) is 47.0 Å². The lowest BCUT2D eigenvalue weighted by Gasteiger charge is -2.15. The van der Waals surface area contributed by atoms with E-state index in [2.05, 4.69) is 27.7 Å². The van der Waals surface area contributed by atoms with Crippen LogP contribution in [0.1, 0.15) is 47.0 Å². The first kappa shape index (κ1) is 7.41. The lowest BCUT2D eigenvalue weighted by atomic mass is 9.89. The maximum atomic E-state index is 2.48. The molecule has 0 heterocycles. The minimum Gasteiger partial charge on any atom is -0.0588 e. The van der Waals surface area contributed by atoms with E-state index in [-0.39, 0.29) is 0 Å². The predicted octanol–water partition coefficient (Wildman–Crippen LogP) is 3.47. The molecule has 0 nitrogen and oxygen atoms in total. The van der Waals surface area contributed by atoms with Crippen LogP contribution in [-0.4, -0.2) is 0 Å². The van der Waals surface area contributed by atoms with Gasteiger partial charge < -0.3 is 0 Å². The molecule has 0 amide bonds. The standard InChI is InChI=1S/C12H20/c1-10(2)11(3,4)12(10)6-8-5-9(8)7-12/h8-9H,5-7H2,1-4H3. The monoisotopic (exact) mass is 164 g/mol. The zero-order valence-electron chi connectivity index (χ0n) is 8.78. The second-order valence-electron chi connectivity index (χ2n) is 6.50. The van der Waals surface area contributed by atoms with Gasteiger partial charge in [-0.3, -0.25) is 0 Å². The van der Waals surface area contributed by atoms with Crippen molar-refractivity contribution in [2.75, 3.05) is 0 Å². The summed E-state index contributed by atoms with van der Waals surface area (Å²) in [4.78, 5) is 0. The molecule has 0 aromatic carbocycles. The minimum absolute atomic E-state index is 0.632. The molecule has 1 spiro atoms. The number of hydrogen-bond donors (Lipinski definition) is 0. The Bertz CT molecular complexity index is 221. The molecule has 0 heteroatoms. The van der Waals surface area contributed by atoms with Crippen molar-refractivity contribution in [3.8, 4) is 0 Å². The molecule has 0 aromatic heterocycles. The van der Waals surface area contributed by atoms with Gasteiger partial charge in [-0.15, -0.1) is 0 Å². The second-order valence-corrected chi connectivity index (χ2v) is 6.50. The van der Waals surface area contributed by atoms with Gasteiger partial charge in [0.05, 0.1) is 0 Å². The van der Waals surface area contributed by atoms with E-state index in [9.17, 15) is 0 Å². The van der Waals surface area contributed by atoms with E-state index >= 15 is 0 Å². The molecular weight excluding hydrogens is 144 g/mol. The fraction of sp³-hybridized carbons (Fsp3) is 1.00. The van der Waals surface area contributed by atoms with E-state index in [1.807, 2.05) is 0 Å². The number of fused-ring (bicyclic) bond motifs is 1. The van der Waals surface area contributed by atoms with Crippen LogP contribution in [-0.2, 0) is 0 Å². The Hall–Kier alpha value is 0. The molecule has 3 rings (SSSR count). The molecule has 3 aliphatic carbocycles. The van der Waals surface area contributed by atoms with Crippen molar-refractivity contribution >= 4 is 0 Å². The van der Waals surface area contributed by atoms with Crippen LogP contribution >= 0.6 is 0 Å². The summed E-state index contributed by atoms with van der Waals surface area (Å²) in [6, 6.07) is 0. The van der Waals surface area contributed by atoms with Crippen LogP contribution in [0.25, 0.3) is 0 Å². The SMILES string of the molecule is CC1(C)C(C)(C)C12CC1CC1C2. The van der Waals surface area contributed by atoms with Gasteiger partial charge in [0.25, 0.3) is 0 Å². The van der Waals surface area contributed by atoms with Crippen LogP contribution in [0.4, 0.5) is 0 Å². The Morgan fingerprint density at radius 1 is 0.833 bits per heavy atom. The third-order valence-corrected chi connectivity index (χ3v) is 6.18. The molecule has 68 valence electrons. The van der Waals surface area contributed by atoms with Crippen LogP contribution in [0.3, 0.4) is 0 Å². The number of hydrogen-bond acceptors (Lipinski definition) is 0. The fourth-order valence-corrected chi connectivity index (χ4v) is 4.35. The van der Waals surface area contributed by atoms with Gasteiger partial charge in [0.2, 0.25) is 0 Å². The van der Waals surface area contributed by atoms with Gasteiger partial charge in [-0.2, -0.15) is 0 Å². The fourth-order valence-electron chi connectivity index (χ4n) is 4.35. The molecular formula is C12H20. The van der Waals surface area contributed by atoms with Gasteiger partial charge >= 0.3 is 0 Å². The quantitative estimate of drug-likeness (QED) is 0.514. The lowest BCUT2D eigenvalue weighted by molar-refractivity contribution is 0.339. The number of rotatable bonds is 0. The zero-order chi connectivity index (χ0) is 8.78. The predicted molar refractivity (Wildman–Crippen MR) is 50.8 cm³/mol. The van der Waals surface area contributed by atoms with Crippen LogP contribution < -0.4 is 0 Å².